The number of allylic oxidation sites excluding steroid dienone is 11. The third kappa shape index (κ3) is 61.8. The molecule has 0 bridgehead atoms. The molecule has 0 aromatic rings. The molecular formula is C71H132N2O7P+. The molecule has 0 aromatic heterocycles. The first-order valence-corrected chi connectivity index (χ1v) is 35.8. The van der Waals surface area contributed by atoms with E-state index in [0.717, 1.165) is 89.9 Å². The molecule has 3 unspecified atom stereocenters. The van der Waals surface area contributed by atoms with Crippen LogP contribution < -0.4 is 5.32 Å². The van der Waals surface area contributed by atoms with E-state index in [4.69, 9.17) is 13.8 Å². The Labute approximate surface area is 502 Å². The number of esters is 1. The highest BCUT2D eigenvalue weighted by Crippen LogP contribution is 2.43. The molecule has 0 aliphatic heterocycles. The first-order chi connectivity index (χ1) is 39.4. The van der Waals surface area contributed by atoms with Crippen LogP contribution >= 0.6 is 7.82 Å². The number of nitrogens with one attached hydrogen (secondary N) is 1. The van der Waals surface area contributed by atoms with Crippen LogP contribution in [0.4, 0.5) is 0 Å². The maximum atomic E-state index is 13.6. The number of hydrogen-bond donors (Lipinski definition) is 2. The normalized spacial score (nSPS) is 14.0. The summed E-state index contributed by atoms with van der Waals surface area (Å²) >= 11 is 0. The van der Waals surface area contributed by atoms with Crippen LogP contribution in [0.1, 0.15) is 316 Å². The Morgan fingerprint density at radius 3 is 1.15 bits per heavy atom. The monoisotopic (exact) mass is 1160 g/mol. The van der Waals surface area contributed by atoms with Gasteiger partial charge in [0.1, 0.15) is 19.3 Å². The third-order valence-corrected chi connectivity index (χ3v) is 16.1. The lowest BCUT2D eigenvalue weighted by molar-refractivity contribution is -0.870. The summed E-state index contributed by atoms with van der Waals surface area (Å²) in [6.45, 7) is 6.99. The number of phosphoric acid groups is 1. The number of phosphoric ester groups is 1. The van der Waals surface area contributed by atoms with Crippen molar-refractivity contribution in [3.63, 3.8) is 0 Å². The average Bonchev–Trinajstić information content (AvgIpc) is 3.44. The molecule has 10 heteroatoms. The van der Waals surface area contributed by atoms with Crippen LogP contribution in [0.15, 0.2) is 72.9 Å². The largest absolute Gasteiger partial charge is 0.472 e. The van der Waals surface area contributed by atoms with Gasteiger partial charge in [0.25, 0.3) is 0 Å². The van der Waals surface area contributed by atoms with E-state index in [9.17, 15) is 19.0 Å². The van der Waals surface area contributed by atoms with Crippen LogP contribution in [0.5, 0.6) is 0 Å². The molecule has 81 heavy (non-hydrogen) atoms. The molecule has 0 rings (SSSR count). The van der Waals surface area contributed by atoms with Crippen molar-refractivity contribution in [1.29, 1.82) is 0 Å². The van der Waals surface area contributed by atoms with Gasteiger partial charge in [0.15, 0.2) is 0 Å². The number of carbonyl (C=O) groups is 2. The summed E-state index contributed by atoms with van der Waals surface area (Å²) in [7, 11) is 1.49. The van der Waals surface area contributed by atoms with E-state index in [1.54, 1.807) is 0 Å². The lowest BCUT2D eigenvalue weighted by atomic mass is 10.0. The highest BCUT2D eigenvalue weighted by molar-refractivity contribution is 7.47. The van der Waals surface area contributed by atoms with Gasteiger partial charge in [-0.25, -0.2) is 4.57 Å². The summed E-state index contributed by atoms with van der Waals surface area (Å²) in [5, 5.41) is 3.07. The van der Waals surface area contributed by atoms with Gasteiger partial charge in [-0.05, 0) is 102 Å². The first kappa shape index (κ1) is 78.5. The molecule has 9 nitrogen and oxygen atoms in total. The Balaban J connectivity index is 5.19. The zero-order chi connectivity index (χ0) is 59.3. The van der Waals surface area contributed by atoms with E-state index < -0.39 is 20.0 Å². The van der Waals surface area contributed by atoms with E-state index in [1.165, 1.54) is 193 Å². The predicted molar refractivity (Wildman–Crippen MR) is 351 cm³/mol. The first-order valence-electron chi connectivity index (χ1n) is 34.3. The van der Waals surface area contributed by atoms with E-state index in [1.807, 2.05) is 33.3 Å². The topological polar surface area (TPSA) is 111 Å². The second kappa shape index (κ2) is 60.6. The molecule has 0 heterocycles. The minimum atomic E-state index is -4.46. The quantitative estimate of drug-likeness (QED) is 0.0205. The van der Waals surface area contributed by atoms with Gasteiger partial charge >= 0.3 is 13.8 Å². The van der Waals surface area contributed by atoms with Gasteiger partial charge in [0.05, 0.1) is 33.8 Å². The molecule has 3 atom stereocenters. The molecule has 472 valence electrons. The van der Waals surface area contributed by atoms with Gasteiger partial charge in [0, 0.05) is 12.8 Å². The maximum absolute atomic E-state index is 13.6. The van der Waals surface area contributed by atoms with Crippen molar-refractivity contribution in [2.45, 2.75) is 328 Å². The highest BCUT2D eigenvalue weighted by Gasteiger charge is 2.30. The SMILES string of the molecule is CCCCC/C=C\C/C=C\C/C=C\CCCCCCCCCCC(=O)OC(/C=C/CCCCCCCCCCCCC)C(COP(=O)(O)OCC[N+](C)(C)C)NC(=O)CCCCCCCCCCCCC/C=C\C/C=C\CCCCC. The van der Waals surface area contributed by atoms with Crippen LogP contribution in [0.25, 0.3) is 0 Å². The molecule has 0 saturated heterocycles. The fourth-order valence-electron chi connectivity index (χ4n) is 9.80. The second-order valence-electron chi connectivity index (χ2n) is 24.3. The molecule has 0 saturated carbocycles. The van der Waals surface area contributed by atoms with E-state index in [2.05, 4.69) is 86.8 Å². The molecule has 0 spiro atoms. The molecular weight excluding hydrogens is 1020 g/mol. The second-order valence-corrected chi connectivity index (χ2v) is 25.8. The van der Waals surface area contributed by atoms with Crippen molar-refractivity contribution >= 4 is 19.7 Å². The number of unbranched alkanes of at least 4 members (excludes halogenated alkanes) is 36. The lowest BCUT2D eigenvalue weighted by Crippen LogP contribution is -2.47. The van der Waals surface area contributed by atoms with E-state index in [-0.39, 0.29) is 31.5 Å². The Bertz CT molecular complexity index is 1620. The standard InChI is InChI=1S/C71H131N2O7P/c1-7-10-13-16-19-22-25-28-30-32-34-36-38-40-42-45-48-51-54-57-60-63-70(74)72-68(67-79-81(76,77)78-66-65-73(4,5)6)69(62-59-56-53-50-47-44-27-24-21-18-15-12-9-3)80-71(75)64-61-58-55-52-49-46-43-41-39-37-35-33-31-29-26-23-20-17-14-11-8-2/h19-20,22-23,28-31,35,37,59,62,68-69H,7-18,21,24-27,32-34,36,38-58,60-61,63-67H2,1-6H3,(H-,72,74,76,77)/p+1/b22-19-,23-20-,30-28-,31-29-,37-35-,62-59+. The number of rotatable bonds is 62. The number of hydrogen-bond acceptors (Lipinski definition) is 6. The van der Waals surface area contributed by atoms with Gasteiger partial charge in [-0.1, -0.05) is 274 Å². The Hall–Kier alpha value is -2.55. The van der Waals surface area contributed by atoms with Crippen molar-refractivity contribution in [1.82, 2.24) is 5.32 Å². The fraction of sp³-hybridized carbons (Fsp3) is 0.803. The highest BCUT2D eigenvalue weighted by atomic mass is 31.2. The van der Waals surface area contributed by atoms with Crippen LogP contribution in [0, 0.1) is 0 Å². The molecule has 1 amide bonds. The molecule has 0 fully saturated rings. The summed E-state index contributed by atoms with van der Waals surface area (Å²) < 4.78 is 30.8. The summed E-state index contributed by atoms with van der Waals surface area (Å²) in [5.74, 6) is -0.508. The van der Waals surface area contributed by atoms with Crippen LogP contribution in [0.2, 0.25) is 0 Å². The van der Waals surface area contributed by atoms with Crippen LogP contribution in [-0.2, 0) is 27.9 Å². The number of quaternary nitrogens is 1. The third-order valence-electron chi connectivity index (χ3n) is 15.1. The zero-order valence-corrected chi connectivity index (χ0v) is 54.9. The Morgan fingerprint density at radius 1 is 0.432 bits per heavy atom. The summed E-state index contributed by atoms with van der Waals surface area (Å²) in [6, 6.07) is -0.856. The van der Waals surface area contributed by atoms with Crippen molar-refractivity contribution in [3.05, 3.63) is 72.9 Å². The lowest BCUT2D eigenvalue weighted by Gasteiger charge is -2.27. The molecule has 0 aromatic carbocycles. The van der Waals surface area contributed by atoms with E-state index in [0.29, 0.717) is 17.4 Å². The van der Waals surface area contributed by atoms with Crippen molar-refractivity contribution in [2.24, 2.45) is 0 Å². The maximum Gasteiger partial charge on any atom is 0.472 e. The zero-order valence-electron chi connectivity index (χ0n) is 54.0. The average molecular weight is 1160 g/mol. The molecule has 0 aliphatic rings. The molecule has 0 radical (unpaired) electrons. The van der Waals surface area contributed by atoms with Gasteiger partial charge in [0.2, 0.25) is 5.91 Å². The van der Waals surface area contributed by atoms with Gasteiger partial charge < -0.3 is 19.4 Å². The Morgan fingerprint density at radius 2 is 0.753 bits per heavy atom. The molecule has 2 N–H and O–H groups in total. The van der Waals surface area contributed by atoms with E-state index >= 15 is 0 Å². The molecule has 0 aliphatic carbocycles. The van der Waals surface area contributed by atoms with Gasteiger partial charge in [-0.2, -0.15) is 0 Å². The number of amides is 1. The number of nitrogens with zero attached hydrogens (tertiary/aromatic N) is 1. The number of carbonyl (C=O) groups excluding carboxylic acids is 2. The number of ether oxygens (including phenoxy) is 1. The summed E-state index contributed by atoms with van der Waals surface area (Å²) in [5.41, 5.74) is 0. The minimum Gasteiger partial charge on any atom is -0.456 e. The Kier molecular flexibility index (Phi) is 58.7. The summed E-state index contributed by atoms with van der Waals surface area (Å²) in [6.07, 6.45) is 78.9. The van der Waals surface area contributed by atoms with Gasteiger partial charge in [-0.3, -0.25) is 18.6 Å². The fourth-order valence-corrected chi connectivity index (χ4v) is 10.5. The summed E-state index contributed by atoms with van der Waals surface area (Å²) in [4.78, 5) is 37.9. The van der Waals surface area contributed by atoms with Gasteiger partial charge in [-0.15, -0.1) is 0 Å². The predicted octanol–water partition coefficient (Wildman–Crippen LogP) is 21.6. The van der Waals surface area contributed by atoms with Crippen molar-refractivity contribution in [3.8, 4) is 0 Å². The van der Waals surface area contributed by atoms with Crippen molar-refractivity contribution < 1.29 is 37.3 Å². The smallest absolute Gasteiger partial charge is 0.456 e. The van der Waals surface area contributed by atoms with Crippen molar-refractivity contribution in [2.75, 3.05) is 40.9 Å². The minimum absolute atomic E-state index is 0.0371. The number of likely N-dealkylation sites (N-methyl/N-ethyl adjacent to an activating group) is 1. The van der Waals surface area contributed by atoms with Crippen LogP contribution in [0.3, 0.4) is 0 Å². The van der Waals surface area contributed by atoms with Crippen LogP contribution in [-0.4, -0.2) is 74.3 Å².